The van der Waals surface area contributed by atoms with E-state index in [0.717, 1.165) is 10.6 Å². The Morgan fingerprint density at radius 2 is 1.35 bits per heavy atom. The first kappa shape index (κ1) is 17.9. The molecule has 0 aliphatic rings. The first-order valence-electron chi connectivity index (χ1n) is 8.23. The van der Waals surface area contributed by atoms with Crippen LogP contribution in [0.2, 0.25) is 0 Å². The van der Waals surface area contributed by atoms with Crippen molar-refractivity contribution in [2.24, 2.45) is 0 Å². The van der Waals surface area contributed by atoms with E-state index in [-0.39, 0.29) is 12.0 Å². The third-order valence-electron chi connectivity index (χ3n) is 3.99. The molecule has 3 heteroatoms. The van der Waals surface area contributed by atoms with E-state index in [1.165, 1.54) is 12.1 Å². The van der Waals surface area contributed by atoms with E-state index in [1.54, 1.807) is 12.1 Å². The van der Waals surface area contributed by atoms with Crippen LogP contribution in [0.4, 0.5) is 4.39 Å². The normalized spacial score (nSPS) is 10.7. The first-order valence-corrected chi connectivity index (χ1v) is 10.1. The van der Waals surface area contributed by atoms with Crippen LogP contribution in [0.25, 0.3) is 0 Å². The summed E-state index contributed by atoms with van der Waals surface area (Å²) in [7, 11) is -2.87. The lowest BCUT2D eigenvalue weighted by Gasteiger charge is -2.19. The summed E-state index contributed by atoms with van der Waals surface area (Å²) in [4.78, 5) is 0. The zero-order chi connectivity index (χ0) is 18.4. The van der Waals surface area contributed by atoms with Crippen molar-refractivity contribution in [3.05, 3.63) is 108 Å². The number of rotatable bonds is 4. The lowest BCUT2D eigenvalue weighted by molar-refractivity contribution is 0.588. The zero-order valence-corrected chi connectivity index (χ0v) is 15.1. The maximum atomic E-state index is 13.9. The average molecular weight is 360 g/mol. The molecule has 0 aliphatic carbocycles. The molecule has 0 saturated heterocycles. The molecule has 3 aromatic carbocycles. The van der Waals surface area contributed by atoms with Gasteiger partial charge in [-0.2, -0.15) is 0 Å². The quantitative estimate of drug-likeness (QED) is 0.485. The van der Waals surface area contributed by atoms with E-state index in [4.69, 9.17) is 0 Å². The van der Waals surface area contributed by atoms with E-state index in [0.29, 0.717) is 11.1 Å². The van der Waals surface area contributed by atoms with Crippen LogP contribution in [-0.2, 0) is 4.57 Å². The monoisotopic (exact) mass is 360 g/mol. The van der Waals surface area contributed by atoms with Crippen LogP contribution in [0.3, 0.4) is 0 Å². The summed E-state index contributed by atoms with van der Waals surface area (Å²) in [6, 6.07) is 24.9. The maximum absolute atomic E-state index is 13.9. The van der Waals surface area contributed by atoms with Gasteiger partial charge < -0.3 is 4.57 Å². The summed E-state index contributed by atoms with van der Waals surface area (Å²) in [6.07, 6.45) is 0.273. The lowest BCUT2D eigenvalue weighted by Crippen LogP contribution is -2.18. The molecule has 0 spiro atoms. The summed E-state index contributed by atoms with van der Waals surface area (Å²) in [5.41, 5.74) is 1.28. The number of hydrogen-bond donors (Lipinski definition) is 0. The second kappa shape index (κ2) is 8.00. The van der Waals surface area contributed by atoms with Crippen LogP contribution in [0.5, 0.6) is 0 Å². The smallest absolute Gasteiger partial charge is 0.148 e. The van der Waals surface area contributed by atoms with Gasteiger partial charge in [0.15, 0.2) is 0 Å². The van der Waals surface area contributed by atoms with Gasteiger partial charge in [-0.1, -0.05) is 79.1 Å². The van der Waals surface area contributed by atoms with Gasteiger partial charge in [-0.25, -0.2) is 4.39 Å². The second-order valence-electron chi connectivity index (χ2n) is 5.93. The topological polar surface area (TPSA) is 17.1 Å². The predicted octanol–water partition coefficient (Wildman–Crippen LogP) is 4.75. The standard InChI is InChI=1S/C23H18FOP/c1-19(12-13-20-14-16-21(24)17-15-20)18-26(25,22-8-4-2-5-9-22)23-10-6-3-7-11-23/h2-11,14-17H,1,18H2. The van der Waals surface area contributed by atoms with Gasteiger partial charge in [-0.05, 0) is 24.3 Å². The molecule has 0 bridgehead atoms. The fraction of sp³-hybridized carbons (Fsp3) is 0.0435. The molecule has 1 nitrogen and oxygen atoms in total. The molecule has 0 saturated carbocycles. The predicted molar refractivity (Wildman–Crippen MR) is 107 cm³/mol. The number of benzene rings is 3. The van der Waals surface area contributed by atoms with Crippen molar-refractivity contribution in [1.82, 2.24) is 0 Å². The molecule has 128 valence electrons. The molecule has 0 radical (unpaired) electrons. The van der Waals surface area contributed by atoms with Crippen LogP contribution in [-0.4, -0.2) is 6.16 Å². The molecule has 26 heavy (non-hydrogen) atoms. The van der Waals surface area contributed by atoms with E-state index in [1.807, 2.05) is 60.7 Å². The van der Waals surface area contributed by atoms with Crippen LogP contribution < -0.4 is 10.6 Å². The zero-order valence-electron chi connectivity index (χ0n) is 14.2. The average Bonchev–Trinajstić information content (AvgIpc) is 2.69. The van der Waals surface area contributed by atoms with E-state index in [2.05, 4.69) is 18.4 Å². The van der Waals surface area contributed by atoms with Crippen molar-refractivity contribution in [2.45, 2.75) is 0 Å². The SMILES string of the molecule is C=C(C#Cc1ccc(F)cc1)CP(=O)(c1ccccc1)c1ccccc1. The van der Waals surface area contributed by atoms with Crippen molar-refractivity contribution >= 4 is 17.8 Å². The van der Waals surface area contributed by atoms with Gasteiger partial charge in [0.2, 0.25) is 0 Å². The Hall–Kier alpha value is -2.88. The minimum absolute atomic E-state index is 0.273. The second-order valence-corrected chi connectivity index (χ2v) is 8.76. The molecule has 3 rings (SSSR count). The number of hydrogen-bond acceptors (Lipinski definition) is 1. The van der Waals surface area contributed by atoms with Gasteiger partial charge in [-0.15, -0.1) is 0 Å². The Morgan fingerprint density at radius 3 is 1.85 bits per heavy atom. The summed E-state index contributed by atoms with van der Waals surface area (Å²) >= 11 is 0. The highest BCUT2D eigenvalue weighted by Crippen LogP contribution is 2.44. The summed E-state index contributed by atoms with van der Waals surface area (Å²) in [5.74, 6) is 5.64. The molecular formula is C23H18FOP. The van der Waals surface area contributed by atoms with Crippen LogP contribution in [0, 0.1) is 17.7 Å². The molecule has 0 N–H and O–H groups in total. The van der Waals surface area contributed by atoms with E-state index >= 15 is 0 Å². The molecule has 3 aromatic rings. The summed E-state index contributed by atoms with van der Waals surface area (Å²) in [5, 5.41) is 1.58. The summed E-state index contributed by atoms with van der Waals surface area (Å²) < 4.78 is 26.9. The molecule has 0 unspecified atom stereocenters. The van der Waals surface area contributed by atoms with Gasteiger partial charge in [0.1, 0.15) is 13.0 Å². The molecule has 0 amide bonds. The van der Waals surface area contributed by atoms with Gasteiger partial charge in [0, 0.05) is 27.9 Å². The van der Waals surface area contributed by atoms with E-state index < -0.39 is 7.14 Å². The highest BCUT2D eigenvalue weighted by molar-refractivity contribution is 7.78. The van der Waals surface area contributed by atoms with Gasteiger partial charge >= 0.3 is 0 Å². The van der Waals surface area contributed by atoms with E-state index in [9.17, 15) is 8.96 Å². The highest BCUT2D eigenvalue weighted by atomic mass is 31.2. The molecule has 0 atom stereocenters. The molecule has 0 heterocycles. The van der Waals surface area contributed by atoms with Crippen LogP contribution in [0.15, 0.2) is 97.1 Å². The largest absolute Gasteiger partial charge is 0.313 e. The number of halogens is 1. The minimum Gasteiger partial charge on any atom is -0.313 e. The van der Waals surface area contributed by atoms with Gasteiger partial charge in [-0.3, -0.25) is 0 Å². The van der Waals surface area contributed by atoms with Crippen molar-refractivity contribution in [1.29, 1.82) is 0 Å². The van der Waals surface area contributed by atoms with Gasteiger partial charge in [0.25, 0.3) is 0 Å². The Balaban J connectivity index is 1.91. The number of allylic oxidation sites excluding steroid dienone is 1. The lowest BCUT2D eigenvalue weighted by atomic mass is 10.2. The fourth-order valence-electron chi connectivity index (χ4n) is 2.67. The molecule has 0 aromatic heterocycles. The van der Waals surface area contributed by atoms with Crippen molar-refractivity contribution in [2.75, 3.05) is 6.16 Å². The first-order chi connectivity index (χ1) is 12.6. The van der Waals surface area contributed by atoms with Crippen LogP contribution in [0.1, 0.15) is 5.56 Å². The third kappa shape index (κ3) is 4.20. The molecule has 0 fully saturated rings. The molecular weight excluding hydrogens is 342 g/mol. The minimum atomic E-state index is -2.87. The Labute approximate surface area is 153 Å². The fourth-order valence-corrected chi connectivity index (χ4v) is 5.26. The molecule has 0 aliphatic heterocycles. The van der Waals surface area contributed by atoms with Crippen molar-refractivity contribution in [3.63, 3.8) is 0 Å². The van der Waals surface area contributed by atoms with Gasteiger partial charge in [0.05, 0.1) is 0 Å². The highest BCUT2D eigenvalue weighted by Gasteiger charge is 2.27. The van der Waals surface area contributed by atoms with Crippen molar-refractivity contribution in [3.8, 4) is 11.8 Å². The Morgan fingerprint density at radius 1 is 0.846 bits per heavy atom. The van der Waals surface area contributed by atoms with Crippen molar-refractivity contribution < 1.29 is 8.96 Å². The Bertz CT molecular complexity index is 953. The Kier molecular flexibility index (Phi) is 5.52. The van der Waals surface area contributed by atoms with Crippen LogP contribution >= 0.6 is 7.14 Å². The third-order valence-corrected chi connectivity index (χ3v) is 7.08. The summed E-state index contributed by atoms with van der Waals surface area (Å²) in [6.45, 7) is 4.00. The maximum Gasteiger partial charge on any atom is 0.148 e.